The zero-order chi connectivity index (χ0) is 15.6. The summed E-state index contributed by atoms with van der Waals surface area (Å²) < 4.78 is 0. The Labute approximate surface area is 142 Å². The molecule has 1 atom stereocenters. The molecule has 0 saturated carbocycles. The minimum atomic E-state index is -0.00153. The number of nitrogens with one attached hydrogen (secondary N) is 1. The van der Waals surface area contributed by atoms with Crippen LogP contribution >= 0.6 is 12.4 Å². The smallest absolute Gasteiger partial charge is 0.253 e. The van der Waals surface area contributed by atoms with Crippen molar-refractivity contribution in [3.63, 3.8) is 0 Å². The number of rotatable bonds is 2. The Morgan fingerprint density at radius 3 is 2.57 bits per heavy atom. The monoisotopic (exact) mass is 335 g/mol. The second kappa shape index (κ2) is 7.31. The Hall–Kier alpha value is -1.61. The van der Waals surface area contributed by atoms with Gasteiger partial charge in [0.05, 0.1) is 11.6 Å². The van der Waals surface area contributed by atoms with Gasteiger partial charge in [-0.1, -0.05) is 0 Å². The Morgan fingerprint density at radius 2 is 2.00 bits per heavy atom. The van der Waals surface area contributed by atoms with Crippen molar-refractivity contribution in [3.05, 3.63) is 35.4 Å². The van der Waals surface area contributed by atoms with E-state index in [4.69, 9.17) is 5.26 Å². The van der Waals surface area contributed by atoms with E-state index >= 15 is 0 Å². The summed E-state index contributed by atoms with van der Waals surface area (Å²) in [5, 5.41) is 21.9. The van der Waals surface area contributed by atoms with Crippen molar-refractivity contribution in [1.82, 2.24) is 10.2 Å². The van der Waals surface area contributed by atoms with Crippen molar-refractivity contribution in [3.8, 4) is 6.07 Å². The second-order valence-corrected chi connectivity index (χ2v) is 6.37. The van der Waals surface area contributed by atoms with E-state index in [1.54, 1.807) is 24.3 Å². The first-order valence-corrected chi connectivity index (χ1v) is 7.79. The largest absolute Gasteiger partial charge is 0.396 e. The fraction of sp³-hybridized carbons (Fsp3) is 0.529. The van der Waals surface area contributed by atoms with Crippen LogP contribution in [0.15, 0.2) is 24.3 Å². The van der Waals surface area contributed by atoms with Crippen molar-refractivity contribution in [1.29, 1.82) is 5.26 Å². The summed E-state index contributed by atoms with van der Waals surface area (Å²) in [7, 11) is 0. The number of piperidine rings is 1. The number of nitriles is 1. The summed E-state index contributed by atoms with van der Waals surface area (Å²) in [5.41, 5.74) is 1.23. The van der Waals surface area contributed by atoms with Crippen LogP contribution in [0.3, 0.4) is 0 Å². The van der Waals surface area contributed by atoms with E-state index in [0.29, 0.717) is 17.7 Å². The maximum atomic E-state index is 12.7. The number of aliphatic hydroxyl groups is 1. The minimum Gasteiger partial charge on any atom is -0.396 e. The first kappa shape index (κ1) is 17.7. The number of hydrogen-bond donors (Lipinski definition) is 2. The molecule has 2 N–H and O–H groups in total. The summed E-state index contributed by atoms with van der Waals surface area (Å²) in [4.78, 5) is 14.5. The van der Waals surface area contributed by atoms with Crippen molar-refractivity contribution in [2.45, 2.75) is 12.8 Å². The van der Waals surface area contributed by atoms with Crippen LogP contribution in [-0.4, -0.2) is 48.7 Å². The SMILES string of the molecule is Cl.N#Cc1ccc(C(=O)N2CC(CO)C3(CCNCC3)C2)cc1. The van der Waals surface area contributed by atoms with Gasteiger partial charge in [0.1, 0.15) is 0 Å². The average molecular weight is 336 g/mol. The third kappa shape index (κ3) is 3.35. The van der Waals surface area contributed by atoms with Crippen LogP contribution in [0.5, 0.6) is 0 Å². The molecule has 2 saturated heterocycles. The third-order valence-corrected chi connectivity index (χ3v) is 5.18. The number of aliphatic hydroxyl groups excluding tert-OH is 1. The molecule has 0 radical (unpaired) electrons. The van der Waals surface area contributed by atoms with Crippen molar-refractivity contribution >= 4 is 18.3 Å². The maximum absolute atomic E-state index is 12.7. The van der Waals surface area contributed by atoms with E-state index < -0.39 is 0 Å². The highest BCUT2D eigenvalue weighted by atomic mass is 35.5. The van der Waals surface area contributed by atoms with Gasteiger partial charge in [0.2, 0.25) is 0 Å². The van der Waals surface area contributed by atoms with E-state index in [2.05, 4.69) is 11.4 Å². The van der Waals surface area contributed by atoms with Gasteiger partial charge in [-0.3, -0.25) is 4.79 Å². The molecule has 23 heavy (non-hydrogen) atoms. The van der Waals surface area contributed by atoms with Gasteiger partial charge >= 0.3 is 0 Å². The number of benzene rings is 1. The molecule has 2 fully saturated rings. The van der Waals surface area contributed by atoms with E-state index in [-0.39, 0.29) is 36.3 Å². The topological polar surface area (TPSA) is 76.4 Å². The predicted molar refractivity (Wildman–Crippen MR) is 89.4 cm³/mol. The zero-order valence-electron chi connectivity index (χ0n) is 13.0. The van der Waals surface area contributed by atoms with Gasteiger partial charge in [0, 0.05) is 31.2 Å². The number of nitrogens with zero attached hydrogens (tertiary/aromatic N) is 2. The number of carbonyl (C=O) groups is 1. The molecule has 1 unspecified atom stereocenters. The fourth-order valence-corrected chi connectivity index (χ4v) is 3.80. The molecule has 1 aromatic carbocycles. The average Bonchev–Trinajstić information content (AvgIpc) is 2.93. The molecule has 6 heteroatoms. The summed E-state index contributed by atoms with van der Waals surface area (Å²) in [6, 6.07) is 8.83. The summed E-state index contributed by atoms with van der Waals surface area (Å²) in [6.07, 6.45) is 2.02. The van der Waals surface area contributed by atoms with Crippen molar-refractivity contribution in [2.75, 3.05) is 32.8 Å². The van der Waals surface area contributed by atoms with Gasteiger partial charge in [-0.15, -0.1) is 12.4 Å². The van der Waals surface area contributed by atoms with Gasteiger partial charge < -0.3 is 15.3 Å². The molecule has 1 spiro atoms. The van der Waals surface area contributed by atoms with Crippen LogP contribution in [0.1, 0.15) is 28.8 Å². The summed E-state index contributed by atoms with van der Waals surface area (Å²) in [5.74, 6) is 0.162. The molecule has 2 aliphatic rings. The lowest BCUT2D eigenvalue weighted by molar-refractivity contribution is 0.0756. The summed E-state index contributed by atoms with van der Waals surface area (Å²) in [6.45, 7) is 3.38. The fourth-order valence-electron chi connectivity index (χ4n) is 3.80. The number of hydrogen-bond acceptors (Lipinski definition) is 4. The predicted octanol–water partition coefficient (Wildman–Crippen LogP) is 1.41. The van der Waals surface area contributed by atoms with Crippen LogP contribution in [-0.2, 0) is 0 Å². The molecule has 0 aliphatic carbocycles. The van der Waals surface area contributed by atoms with Gasteiger partial charge in [0.15, 0.2) is 0 Å². The quantitative estimate of drug-likeness (QED) is 0.857. The summed E-state index contributed by atoms with van der Waals surface area (Å²) >= 11 is 0. The first-order chi connectivity index (χ1) is 10.7. The van der Waals surface area contributed by atoms with E-state index in [0.717, 1.165) is 32.5 Å². The van der Waals surface area contributed by atoms with Crippen LogP contribution in [0.25, 0.3) is 0 Å². The van der Waals surface area contributed by atoms with Crippen LogP contribution in [0.4, 0.5) is 0 Å². The standard InChI is InChI=1S/C17H21N3O2.ClH/c18-9-13-1-3-14(4-2-13)16(22)20-10-15(11-21)17(12-20)5-7-19-8-6-17;/h1-4,15,19,21H,5-8,10-12H2;1H. The molecule has 0 aromatic heterocycles. The van der Waals surface area contributed by atoms with Crippen LogP contribution in [0, 0.1) is 22.7 Å². The van der Waals surface area contributed by atoms with Gasteiger partial charge in [0.25, 0.3) is 5.91 Å². The molecule has 2 heterocycles. The van der Waals surface area contributed by atoms with E-state index in [9.17, 15) is 9.90 Å². The van der Waals surface area contributed by atoms with Gasteiger partial charge in [-0.2, -0.15) is 5.26 Å². The molecule has 124 valence electrons. The molecule has 1 amide bonds. The highest BCUT2D eigenvalue weighted by Crippen LogP contribution is 2.43. The van der Waals surface area contributed by atoms with Crippen molar-refractivity contribution in [2.24, 2.45) is 11.3 Å². The highest BCUT2D eigenvalue weighted by Gasteiger charge is 2.47. The molecular formula is C17H22ClN3O2. The Bertz CT molecular complexity index is 591. The molecule has 1 aromatic rings. The second-order valence-electron chi connectivity index (χ2n) is 6.37. The Balaban J connectivity index is 0.00000192. The molecule has 2 aliphatic heterocycles. The van der Waals surface area contributed by atoms with Crippen LogP contribution in [0.2, 0.25) is 0 Å². The third-order valence-electron chi connectivity index (χ3n) is 5.18. The Morgan fingerprint density at radius 1 is 1.35 bits per heavy atom. The van der Waals surface area contributed by atoms with Gasteiger partial charge in [-0.05, 0) is 55.6 Å². The number of halogens is 1. The molecule has 3 rings (SSSR count). The normalized spacial score (nSPS) is 22.4. The first-order valence-electron chi connectivity index (χ1n) is 7.79. The lowest BCUT2D eigenvalue weighted by Crippen LogP contribution is -2.43. The van der Waals surface area contributed by atoms with Gasteiger partial charge in [-0.25, -0.2) is 0 Å². The molecular weight excluding hydrogens is 314 g/mol. The molecule has 5 nitrogen and oxygen atoms in total. The minimum absolute atomic E-state index is 0. The number of carbonyl (C=O) groups excluding carboxylic acids is 1. The van der Waals surface area contributed by atoms with E-state index in [1.165, 1.54) is 0 Å². The molecule has 0 bridgehead atoms. The van der Waals surface area contributed by atoms with Crippen molar-refractivity contribution < 1.29 is 9.90 Å². The highest BCUT2D eigenvalue weighted by molar-refractivity contribution is 5.94. The van der Waals surface area contributed by atoms with E-state index in [1.807, 2.05) is 4.90 Å². The lowest BCUT2D eigenvalue weighted by Gasteiger charge is -2.37. The lowest BCUT2D eigenvalue weighted by atomic mass is 9.71. The Kier molecular flexibility index (Phi) is 5.64. The maximum Gasteiger partial charge on any atom is 0.253 e. The number of amides is 1. The number of likely N-dealkylation sites (tertiary alicyclic amines) is 1. The van der Waals surface area contributed by atoms with Crippen LogP contribution < -0.4 is 5.32 Å². The zero-order valence-corrected chi connectivity index (χ0v) is 13.8.